The van der Waals surface area contributed by atoms with Gasteiger partial charge in [0.05, 0.1) is 13.2 Å². The fourth-order valence-corrected chi connectivity index (χ4v) is 14.6. The molecule has 522 valence electrons. The molecule has 0 aromatic heterocycles. The summed E-state index contributed by atoms with van der Waals surface area (Å²) in [5.41, 5.74) is 18.7. The van der Waals surface area contributed by atoms with Crippen molar-refractivity contribution >= 4 is 119 Å². The van der Waals surface area contributed by atoms with Gasteiger partial charge in [-0.1, -0.05) is 284 Å². The molecule has 0 amide bonds. The fraction of sp³-hybridized carbons (Fsp3) is 0.112. The van der Waals surface area contributed by atoms with Crippen LogP contribution in [0, 0.1) is 27.7 Å². The van der Waals surface area contributed by atoms with E-state index in [9.17, 15) is 9.36 Å². The zero-order chi connectivity index (χ0) is 73.1. The Morgan fingerprint density at radius 3 is 0.800 bits per heavy atom. The number of aryl methyl sites for hydroxylation is 4. The molecule has 0 saturated heterocycles. The number of carbonyl (C=O) groups is 1. The molecule has 0 fully saturated rings. The predicted octanol–water partition coefficient (Wildman–Crippen LogP) is 28.5. The van der Waals surface area contributed by atoms with Gasteiger partial charge in [0, 0.05) is 47.3 Å². The highest BCUT2D eigenvalue weighted by atomic mass is 31.2. The fourth-order valence-electron chi connectivity index (χ4n) is 13.3. The van der Waals surface area contributed by atoms with Crippen LogP contribution in [0.2, 0.25) is 0 Å². The molecule has 16 aromatic carbocycles. The van der Waals surface area contributed by atoms with Crippen molar-refractivity contribution in [3.8, 4) is 22.3 Å². The van der Waals surface area contributed by atoms with Crippen molar-refractivity contribution in [2.24, 2.45) is 0 Å². The van der Waals surface area contributed by atoms with Crippen LogP contribution < -0.4 is 9.80 Å². The quantitative estimate of drug-likeness (QED) is 0.0579. The first-order chi connectivity index (χ1) is 51.4. The van der Waals surface area contributed by atoms with Crippen molar-refractivity contribution in [3.63, 3.8) is 0 Å². The summed E-state index contributed by atoms with van der Waals surface area (Å²) in [6.45, 7) is 16.7. The third kappa shape index (κ3) is 17.7. The number of fused-ring (bicyclic) bond motifs is 12. The highest BCUT2D eigenvalue weighted by Crippen LogP contribution is 2.47. The van der Waals surface area contributed by atoms with E-state index in [0.29, 0.717) is 24.9 Å². The minimum Gasteiger partial charge on any atom is -0.311 e. The topological polar surface area (TPSA) is 59.1 Å². The number of hydrogen-bond donors (Lipinski definition) is 0. The highest BCUT2D eigenvalue weighted by Gasteiger charge is 2.20. The number of nitrogens with zero attached hydrogens (tertiary/aromatic N) is 2. The Morgan fingerprint density at radius 2 is 0.543 bits per heavy atom. The van der Waals surface area contributed by atoms with E-state index >= 15 is 0 Å². The second-order valence-electron chi connectivity index (χ2n) is 26.0. The molecule has 0 saturated carbocycles. The molecular formula is C98H91N2O4P. The minimum absolute atomic E-state index is 0. The van der Waals surface area contributed by atoms with E-state index in [1.807, 2.05) is 31.2 Å². The van der Waals surface area contributed by atoms with Gasteiger partial charge in [-0.15, -0.1) is 0 Å². The maximum atomic E-state index is 11.3. The summed E-state index contributed by atoms with van der Waals surface area (Å²) in [5, 5.41) is 15.9. The molecular weight excluding hydrogens is 1300 g/mol. The standard InChI is InChI=1S/2C24H16.C23H23N.C21H19NO.C6H15O3P.H2/c2*1-2-8-17(9-3-1)18-14-15-23-21-12-5-4-10-19(21)20-11-6-7-13-22(20)24(23)16-18;1-4-5-20-10-16-23(17-11-20)24(21-12-6-18(2)7-13-21)22-14-8-19(3)9-15-22;1-16-3-9-19(10-4-16)22(20-11-5-17(2)6-12-20)21-13-7-18(15-23)8-14-21;1-4-8-10(7,6-3)9-5-2;/h2*1-16H;4-17H,1-3H3;3-15H,1-2H3;4-6H2,1-3H3;1H/b;;5-4+;;;. The molecule has 0 N–H and O–H groups in total. The second-order valence-corrected chi connectivity index (χ2v) is 28.4. The molecule has 0 radical (unpaired) electrons. The van der Waals surface area contributed by atoms with Gasteiger partial charge in [-0.25, -0.2) is 0 Å². The van der Waals surface area contributed by atoms with E-state index in [1.54, 1.807) is 20.8 Å². The van der Waals surface area contributed by atoms with Crippen molar-refractivity contribution < 1.29 is 19.8 Å². The normalized spacial score (nSPS) is 11.1. The lowest BCUT2D eigenvalue weighted by molar-refractivity contribution is 0.112. The summed E-state index contributed by atoms with van der Waals surface area (Å²) < 4.78 is 21.2. The maximum Gasteiger partial charge on any atom is 0.330 e. The number of carbonyl (C=O) groups excluding carboxylic acids is 1. The van der Waals surface area contributed by atoms with Crippen LogP contribution in [0.4, 0.5) is 34.1 Å². The van der Waals surface area contributed by atoms with Crippen molar-refractivity contribution in [2.75, 3.05) is 29.2 Å². The van der Waals surface area contributed by atoms with Crippen LogP contribution in [0.25, 0.3) is 93.0 Å². The number of anilines is 6. The zero-order valence-electron chi connectivity index (χ0n) is 61.2. The van der Waals surface area contributed by atoms with Crippen LogP contribution in [0.5, 0.6) is 0 Å². The van der Waals surface area contributed by atoms with E-state index in [0.717, 1.165) is 29.0 Å². The van der Waals surface area contributed by atoms with Gasteiger partial charge in [-0.3, -0.25) is 9.36 Å². The Bertz CT molecular complexity index is 5270. The molecule has 7 heteroatoms. The van der Waals surface area contributed by atoms with Crippen LogP contribution in [0.1, 0.15) is 67.3 Å². The first-order valence-electron chi connectivity index (χ1n) is 36.2. The molecule has 0 aliphatic heterocycles. The average molecular weight is 1390 g/mol. The Morgan fingerprint density at radius 1 is 0.295 bits per heavy atom. The summed E-state index contributed by atoms with van der Waals surface area (Å²) in [5.74, 6) is 0. The van der Waals surface area contributed by atoms with Crippen molar-refractivity contribution in [1.82, 2.24) is 0 Å². The average Bonchev–Trinajstić information content (AvgIpc) is 0.749. The molecule has 6 nitrogen and oxygen atoms in total. The van der Waals surface area contributed by atoms with Crippen molar-refractivity contribution in [3.05, 3.63) is 379 Å². The molecule has 0 spiro atoms. The zero-order valence-corrected chi connectivity index (χ0v) is 62.1. The SMILES string of the molecule is C/C=C/c1ccc(N(c2ccc(C)cc2)c2ccc(C)cc2)cc1.CCOP(=O)(CC)OCC.Cc1ccc(N(c2ccc(C)cc2)c2ccc(C=O)cc2)cc1.[HH].c1ccc(-c2ccc3c4ccccc4c4ccccc4c3c2)cc1.c1ccc(-c2ccc3c4ccccc4c4ccccc4c3c2)cc1. The number of benzene rings is 16. The van der Waals surface area contributed by atoms with Crippen LogP contribution in [-0.2, 0) is 13.6 Å². The van der Waals surface area contributed by atoms with Crippen molar-refractivity contribution in [1.29, 1.82) is 0 Å². The lowest BCUT2D eigenvalue weighted by Crippen LogP contribution is -2.09. The van der Waals surface area contributed by atoms with Crippen LogP contribution in [0.15, 0.2) is 346 Å². The summed E-state index contributed by atoms with van der Waals surface area (Å²) in [6.07, 6.45) is 5.50. The monoisotopic (exact) mass is 1390 g/mol. The molecule has 0 heterocycles. The minimum atomic E-state index is -2.70. The lowest BCUT2D eigenvalue weighted by Gasteiger charge is -2.25. The van der Waals surface area contributed by atoms with Crippen LogP contribution in [0.3, 0.4) is 0 Å². The summed E-state index contributed by atoms with van der Waals surface area (Å²) in [4.78, 5) is 15.4. The Hall–Kier alpha value is -11.8. The molecule has 0 aliphatic rings. The molecule has 0 aliphatic carbocycles. The lowest BCUT2D eigenvalue weighted by atomic mass is 9.92. The predicted molar refractivity (Wildman–Crippen MR) is 454 cm³/mol. The molecule has 16 aromatic rings. The van der Waals surface area contributed by atoms with Gasteiger partial charge in [0.2, 0.25) is 0 Å². The number of aldehydes is 1. The Balaban J connectivity index is 0.000000135. The molecule has 0 atom stereocenters. The first kappa shape index (κ1) is 73.0. The van der Waals surface area contributed by atoms with Gasteiger partial charge in [-0.2, -0.15) is 0 Å². The molecule has 0 bridgehead atoms. The largest absolute Gasteiger partial charge is 0.330 e. The van der Waals surface area contributed by atoms with Crippen molar-refractivity contribution in [2.45, 2.75) is 55.4 Å². The van der Waals surface area contributed by atoms with Gasteiger partial charge in [0.1, 0.15) is 6.29 Å². The van der Waals surface area contributed by atoms with Gasteiger partial charge in [-0.05, 0) is 238 Å². The smallest absolute Gasteiger partial charge is 0.311 e. The summed E-state index contributed by atoms with van der Waals surface area (Å²) >= 11 is 0. The first-order valence-corrected chi connectivity index (χ1v) is 37.9. The van der Waals surface area contributed by atoms with Gasteiger partial charge >= 0.3 is 7.60 Å². The second kappa shape index (κ2) is 34.9. The third-order valence-corrected chi connectivity index (χ3v) is 20.8. The van der Waals surface area contributed by atoms with Gasteiger partial charge in [0.15, 0.2) is 0 Å². The van der Waals surface area contributed by atoms with E-state index in [2.05, 4.69) is 365 Å². The van der Waals surface area contributed by atoms with Gasteiger partial charge in [0.25, 0.3) is 0 Å². The molecule has 16 rings (SSSR count). The van der Waals surface area contributed by atoms with E-state index < -0.39 is 7.60 Å². The number of allylic oxidation sites excluding steroid dienone is 1. The van der Waals surface area contributed by atoms with E-state index in [4.69, 9.17) is 9.05 Å². The molecule has 0 unspecified atom stereocenters. The summed E-state index contributed by atoms with van der Waals surface area (Å²) in [7, 11) is -2.70. The third-order valence-electron chi connectivity index (χ3n) is 18.7. The van der Waals surface area contributed by atoms with Crippen LogP contribution >= 0.6 is 7.60 Å². The highest BCUT2D eigenvalue weighted by molar-refractivity contribution is 7.53. The number of rotatable bonds is 15. The van der Waals surface area contributed by atoms with Gasteiger partial charge < -0.3 is 18.8 Å². The maximum absolute atomic E-state index is 11.3. The Kier molecular flexibility index (Phi) is 24.3. The van der Waals surface area contributed by atoms with Crippen LogP contribution in [-0.4, -0.2) is 25.7 Å². The Labute approximate surface area is 620 Å². The molecule has 105 heavy (non-hydrogen) atoms. The van der Waals surface area contributed by atoms with E-state index in [1.165, 1.54) is 126 Å². The number of hydrogen-bond acceptors (Lipinski definition) is 6. The summed E-state index contributed by atoms with van der Waals surface area (Å²) in [6, 6.07) is 120. The van der Waals surface area contributed by atoms with E-state index in [-0.39, 0.29) is 1.43 Å².